The van der Waals surface area contributed by atoms with Gasteiger partial charge in [-0.3, -0.25) is 4.57 Å². The van der Waals surface area contributed by atoms with Gasteiger partial charge in [0.1, 0.15) is 5.82 Å². The van der Waals surface area contributed by atoms with Crippen LogP contribution in [0.25, 0.3) is 106 Å². The van der Waals surface area contributed by atoms with Crippen LogP contribution in [-0.4, -0.2) is 22.2 Å². The number of para-hydroxylation sites is 2. The van der Waals surface area contributed by atoms with E-state index in [1.54, 1.807) is 47.0 Å². The maximum Gasteiger partial charge on any atom is 0.268 e. The molecule has 7 heteroatoms. The molecule has 0 fully saturated rings. The first-order valence-electron chi connectivity index (χ1n) is 49.2. The molecule has 0 saturated heterocycles. The second kappa shape index (κ2) is 26.7. The number of benzene rings is 13. The molecule has 0 aliphatic carbocycles. The molecule has 16 rings (SSSR count). The number of imidazole rings is 1. The molecular formula is C93H74N4OPtSi-2. The van der Waals surface area contributed by atoms with Crippen LogP contribution in [0.3, 0.4) is 0 Å². The number of fused-ring (bicyclic) bond motifs is 4. The fourth-order valence-corrected chi connectivity index (χ4v) is 16.1. The molecule has 0 atom stereocenters. The molecule has 0 N–H and O–H groups in total. The van der Waals surface area contributed by atoms with Crippen molar-refractivity contribution in [2.75, 3.05) is 0 Å². The number of hydrogen-bond donors (Lipinski definition) is 0. The number of rotatable bonds is 14. The summed E-state index contributed by atoms with van der Waals surface area (Å²) in [7, 11) is -6.06. The van der Waals surface area contributed by atoms with Crippen LogP contribution in [0.15, 0.2) is 321 Å². The van der Waals surface area contributed by atoms with Gasteiger partial charge in [-0.15, -0.1) is 29.7 Å². The standard InChI is InChI=1S/C93H74N4OSi.Pt/c1-64-52-90(94-62-85(64)67-34-18-10-19-35-67)97-86-47-27-26-44-83(86)84-50-48-76(60-88(84)97)98-75-37-28-36-74(59-75)95-63-96(87-51-49-80(61-89(87)95)99(77-38-20-11-21-39-77,78-40-22-12-23-41-78)79-42-24-13-25-43-79)91-81(45-29-46-82(91)71-56-72(92(2,3)4)58-73(57-71)93(5,6)7)70-54-68(65-30-14-8-15-31-65)53-69(55-70)66-32-16-9-17-33-66;/h8-58,61-62H,1-7H3;/q-2;/i1D3,8D,9D,10D,11D,12D,13D,14D,15D,16D,17D,18D,19D,20D,21D,22D,23D,24D,25D,30D,31D,32D,33D,34D,35D,38D,39D,40D,41D,42D,43D,53D,54D,55D;. The average molecular weight is 1520 g/mol. The first-order chi connectivity index (χ1) is 63.2. The molecule has 0 amide bonds. The molecule has 0 unspecified atom stereocenters. The molecule has 100 heavy (non-hydrogen) atoms. The van der Waals surface area contributed by atoms with E-state index in [0.29, 0.717) is 21.9 Å². The Labute approximate surface area is 652 Å². The molecule has 0 spiro atoms. The van der Waals surface area contributed by atoms with Gasteiger partial charge in [0.2, 0.25) is 0 Å². The number of pyridine rings is 1. The van der Waals surface area contributed by atoms with E-state index < -0.39 is 285 Å². The van der Waals surface area contributed by atoms with Crippen LogP contribution in [-0.2, 0) is 31.9 Å². The van der Waals surface area contributed by atoms with E-state index in [1.807, 2.05) is 59.7 Å². The van der Waals surface area contributed by atoms with Crippen molar-refractivity contribution in [3.8, 4) is 84.3 Å². The molecule has 16 aromatic rings. The Bertz CT molecular complexity index is 7440. The molecule has 0 radical (unpaired) electrons. The Morgan fingerprint density at radius 1 is 0.450 bits per heavy atom. The fraction of sp³-hybridized carbons (Fsp3) is 0.0968. The summed E-state index contributed by atoms with van der Waals surface area (Å²) in [6.07, 6.45) is 4.57. The topological polar surface area (TPSA) is 35.9 Å². The molecule has 13 aromatic carbocycles. The van der Waals surface area contributed by atoms with Crippen molar-refractivity contribution in [3.05, 3.63) is 356 Å². The van der Waals surface area contributed by atoms with Crippen LogP contribution in [0, 0.1) is 25.3 Å². The first kappa shape index (κ1) is 35.7. The van der Waals surface area contributed by atoms with Gasteiger partial charge >= 0.3 is 0 Å². The molecule has 0 saturated carbocycles. The summed E-state index contributed by atoms with van der Waals surface area (Å²) in [5.41, 5.74) is -4.04. The van der Waals surface area contributed by atoms with Crippen molar-refractivity contribution in [1.29, 1.82) is 0 Å². The minimum absolute atomic E-state index is 0. The van der Waals surface area contributed by atoms with Crippen molar-refractivity contribution in [1.82, 2.24) is 14.1 Å². The van der Waals surface area contributed by atoms with Gasteiger partial charge in [0.15, 0.2) is 8.07 Å². The Hall–Kier alpha value is -11.0. The van der Waals surface area contributed by atoms with Crippen LogP contribution in [0.4, 0.5) is 0 Å². The van der Waals surface area contributed by atoms with Crippen molar-refractivity contribution < 1.29 is 79.7 Å². The minimum Gasteiger partial charge on any atom is -0.510 e. The normalized spacial score (nSPS) is 17.1. The van der Waals surface area contributed by atoms with E-state index in [1.165, 1.54) is 63.7 Å². The molecule has 0 aliphatic heterocycles. The second-order valence-electron chi connectivity index (χ2n) is 25.3. The summed E-state index contributed by atoms with van der Waals surface area (Å²) in [4.78, 5) is 4.71. The predicted octanol–water partition coefficient (Wildman–Crippen LogP) is 20.2. The molecule has 3 aromatic heterocycles. The zero-order valence-corrected chi connectivity index (χ0v) is 57.3. The van der Waals surface area contributed by atoms with Crippen molar-refractivity contribution >= 4 is 61.7 Å². The molecule has 5 nitrogen and oxygen atoms in total. The van der Waals surface area contributed by atoms with Gasteiger partial charge < -0.3 is 13.9 Å². The summed E-state index contributed by atoms with van der Waals surface area (Å²) in [5, 5.41) is -1.85. The van der Waals surface area contributed by atoms with Gasteiger partial charge in [-0.1, -0.05) is 301 Å². The molecule has 0 aliphatic rings. The largest absolute Gasteiger partial charge is 0.510 e. The van der Waals surface area contributed by atoms with Crippen molar-refractivity contribution in [3.63, 3.8) is 0 Å². The van der Waals surface area contributed by atoms with Crippen LogP contribution in [0.2, 0.25) is 0 Å². The number of nitrogens with zero attached hydrogens (tertiary/aromatic N) is 4. The van der Waals surface area contributed by atoms with E-state index in [2.05, 4.69) is 18.5 Å². The van der Waals surface area contributed by atoms with Gasteiger partial charge in [-0.05, 0) is 147 Å². The zero-order valence-electron chi connectivity index (χ0n) is 90.1. The summed E-state index contributed by atoms with van der Waals surface area (Å²) >= 11 is 0. The van der Waals surface area contributed by atoms with Crippen LogP contribution in [0.1, 0.15) is 108 Å². The molecule has 0 bridgehead atoms. The van der Waals surface area contributed by atoms with Crippen LogP contribution in [0.5, 0.6) is 11.5 Å². The third kappa shape index (κ3) is 12.1. The monoisotopic (exact) mass is 1520 g/mol. The number of ether oxygens (including phenoxy) is 1. The van der Waals surface area contributed by atoms with Gasteiger partial charge in [0, 0.05) is 54.0 Å². The summed E-state index contributed by atoms with van der Waals surface area (Å²) < 4.78 is 347. The van der Waals surface area contributed by atoms with Crippen LogP contribution >= 0.6 is 0 Å². The van der Waals surface area contributed by atoms with E-state index >= 15 is 0 Å². The maximum atomic E-state index is 10.7. The third-order valence-corrected chi connectivity index (χ3v) is 21.3. The number of hydrogen-bond acceptors (Lipinski definition) is 2. The average Bonchev–Trinajstić information content (AvgIpc) is 0.872. The van der Waals surface area contributed by atoms with E-state index in [0.717, 1.165) is 17.3 Å². The Balaban J connectivity index is 0.0000141. The minimum atomic E-state index is -6.06. The fourth-order valence-electron chi connectivity index (χ4n) is 12.3. The second-order valence-corrected chi connectivity index (χ2v) is 28.8. The number of aryl methyl sites for hydroxylation is 1. The molecule has 488 valence electrons. The predicted molar refractivity (Wildman–Crippen MR) is 413 cm³/mol. The van der Waals surface area contributed by atoms with Gasteiger partial charge in [-0.2, -0.15) is 18.2 Å². The van der Waals surface area contributed by atoms with E-state index in [4.69, 9.17) is 33.0 Å². The molecule has 3 heterocycles. The smallest absolute Gasteiger partial charge is 0.268 e. The van der Waals surface area contributed by atoms with Crippen molar-refractivity contribution in [2.45, 2.75) is 59.2 Å². The summed E-state index contributed by atoms with van der Waals surface area (Å²) in [6, 6.07) is 5.28. The third-order valence-electron chi connectivity index (χ3n) is 17.1. The first-order valence-corrected chi connectivity index (χ1v) is 33.2. The molecular weight excluding hydrogens is 1410 g/mol. The Morgan fingerprint density at radius 2 is 0.980 bits per heavy atom. The summed E-state index contributed by atoms with van der Waals surface area (Å²) in [6.45, 7) is 8.81. The summed E-state index contributed by atoms with van der Waals surface area (Å²) in [5.74, 6) is -0.217. The van der Waals surface area contributed by atoms with Gasteiger partial charge in [0.05, 0.1) is 62.0 Å². The Kier molecular flexibility index (Phi) is 9.51. The SMILES string of the molecule is [2H]c1c([2H])c([2H])c(-c2cnc(-n3c4[c-]c(Oc5[c-]c(-n6[c-][n+](-c7c(-c8cc(C(C)(C)C)cc(C(C)(C)C)c8)cccc7-c7c([2H])c(-c8c([2H])c([2H])c([2H])c([2H])c8[2H])c([2H])c(-c8c([2H])c([2H])c([2H])c([2H])c8[2H])c7[2H])c7ccc([Si](c8c([2H])c([2H])c([2H])c([2H])c8[2H])(c8c([2H])c([2H])c([2H])c([2H])c8[2H])c8c([2H])c([2H])c([2H])c([2H])c8[2H])cc76)ccc5)ccc4c4ccccc43)cc2C([2H])([2H])[2H])c([2H])c1[2H].[Pt]. The van der Waals surface area contributed by atoms with Gasteiger partial charge in [-0.25, -0.2) is 4.98 Å². The van der Waals surface area contributed by atoms with E-state index in [9.17, 15) is 26.0 Å². The van der Waals surface area contributed by atoms with Crippen molar-refractivity contribution in [2.24, 2.45) is 0 Å². The maximum absolute atomic E-state index is 10.7. The quantitative estimate of drug-likeness (QED) is 0.0471. The number of aromatic nitrogens is 4. The Morgan fingerprint density at radius 3 is 1.56 bits per heavy atom. The van der Waals surface area contributed by atoms with E-state index in [-0.39, 0.29) is 83.0 Å². The van der Waals surface area contributed by atoms with Crippen LogP contribution < -0.4 is 30.1 Å². The van der Waals surface area contributed by atoms with Gasteiger partial charge in [0.25, 0.3) is 6.33 Å². The zero-order chi connectivity index (χ0) is 98.6.